The molecule has 0 heterocycles. The van der Waals surface area contributed by atoms with Crippen LogP contribution < -0.4 is 0 Å². The lowest BCUT2D eigenvalue weighted by Crippen LogP contribution is -2.17. The van der Waals surface area contributed by atoms with E-state index in [4.69, 9.17) is 0 Å². The molecule has 0 bridgehead atoms. The summed E-state index contributed by atoms with van der Waals surface area (Å²) in [5.74, 6) is 0. The zero-order valence-corrected chi connectivity index (χ0v) is 8.68. The molecule has 0 aliphatic rings. The SMILES string of the molecule is C[C@H](c1ccccc1S)N(C)C. The average Bonchev–Trinajstić information content (AvgIpc) is 2.04. The van der Waals surface area contributed by atoms with Gasteiger partial charge in [-0.1, -0.05) is 18.2 Å². The molecule has 0 unspecified atom stereocenters. The molecule has 1 aromatic rings. The number of nitrogens with zero attached hydrogens (tertiary/aromatic N) is 1. The zero-order chi connectivity index (χ0) is 9.14. The summed E-state index contributed by atoms with van der Waals surface area (Å²) >= 11 is 4.41. The molecule has 0 aromatic heterocycles. The van der Waals surface area contributed by atoms with Crippen molar-refractivity contribution < 1.29 is 0 Å². The molecule has 1 nitrogen and oxygen atoms in total. The lowest BCUT2D eigenvalue weighted by atomic mass is 10.1. The molecule has 1 rings (SSSR count). The van der Waals surface area contributed by atoms with Gasteiger partial charge in [-0.25, -0.2) is 0 Å². The van der Waals surface area contributed by atoms with E-state index in [1.54, 1.807) is 0 Å². The molecule has 12 heavy (non-hydrogen) atoms. The van der Waals surface area contributed by atoms with Gasteiger partial charge in [0, 0.05) is 10.9 Å². The van der Waals surface area contributed by atoms with Gasteiger partial charge in [-0.05, 0) is 32.6 Å². The second-order valence-corrected chi connectivity index (χ2v) is 3.68. The highest BCUT2D eigenvalue weighted by Crippen LogP contribution is 2.23. The molecule has 66 valence electrons. The van der Waals surface area contributed by atoms with Crippen molar-refractivity contribution in [3.8, 4) is 0 Å². The summed E-state index contributed by atoms with van der Waals surface area (Å²) in [5.41, 5.74) is 1.28. The monoisotopic (exact) mass is 181 g/mol. The van der Waals surface area contributed by atoms with E-state index in [-0.39, 0.29) is 0 Å². The van der Waals surface area contributed by atoms with Crippen LogP contribution in [-0.4, -0.2) is 19.0 Å². The highest BCUT2D eigenvalue weighted by Gasteiger charge is 2.09. The maximum absolute atomic E-state index is 4.41. The minimum Gasteiger partial charge on any atom is -0.303 e. The number of hydrogen-bond acceptors (Lipinski definition) is 2. The van der Waals surface area contributed by atoms with Crippen LogP contribution in [0.25, 0.3) is 0 Å². The largest absolute Gasteiger partial charge is 0.303 e. The topological polar surface area (TPSA) is 3.24 Å². The fourth-order valence-electron chi connectivity index (χ4n) is 1.12. The molecule has 0 aliphatic heterocycles. The fraction of sp³-hybridized carbons (Fsp3) is 0.400. The van der Waals surface area contributed by atoms with Crippen molar-refractivity contribution in [3.05, 3.63) is 29.8 Å². The van der Waals surface area contributed by atoms with Gasteiger partial charge in [-0.15, -0.1) is 12.6 Å². The first-order chi connectivity index (χ1) is 5.63. The Bertz CT molecular complexity index is 258. The van der Waals surface area contributed by atoms with Crippen LogP contribution in [0.4, 0.5) is 0 Å². The second-order valence-electron chi connectivity index (χ2n) is 3.20. The smallest absolute Gasteiger partial charge is 0.0324 e. The number of benzene rings is 1. The summed E-state index contributed by atoms with van der Waals surface area (Å²) in [5, 5.41) is 0. The average molecular weight is 181 g/mol. The first kappa shape index (κ1) is 9.62. The quantitative estimate of drug-likeness (QED) is 0.686. The number of hydrogen-bond donors (Lipinski definition) is 1. The molecule has 0 spiro atoms. The molecule has 0 saturated heterocycles. The molecule has 0 radical (unpaired) electrons. The predicted molar refractivity (Wildman–Crippen MR) is 55.8 cm³/mol. The van der Waals surface area contributed by atoms with Gasteiger partial charge in [-0.2, -0.15) is 0 Å². The summed E-state index contributed by atoms with van der Waals surface area (Å²) < 4.78 is 0. The first-order valence-corrected chi connectivity index (χ1v) is 4.52. The summed E-state index contributed by atoms with van der Waals surface area (Å²) in [6.07, 6.45) is 0. The third-order valence-electron chi connectivity index (χ3n) is 2.16. The van der Waals surface area contributed by atoms with Crippen LogP contribution in [0.5, 0.6) is 0 Å². The Kier molecular flexibility index (Phi) is 3.18. The summed E-state index contributed by atoms with van der Waals surface area (Å²) in [6, 6.07) is 8.63. The summed E-state index contributed by atoms with van der Waals surface area (Å²) in [6.45, 7) is 2.18. The van der Waals surface area contributed by atoms with E-state index in [1.807, 2.05) is 12.1 Å². The molecular weight excluding hydrogens is 166 g/mol. The lowest BCUT2D eigenvalue weighted by Gasteiger charge is -2.21. The van der Waals surface area contributed by atoms with E-state index in [9.17, 15) is 0 Å². The normalized spacial score (nSPS) is 13.4. The van der Waals surface area contributed by atoms with Crippen LogP contribution in [0.3, 0.4) is 0 Å². The molecule has 0 fully saturated rings. The van der Waals surface area contributed by atoms with Crippen molar-refractivity contribution in [1.82, 2.24) is 4.90 Å². The van der Waals surface area contributed by atoms with Gasteiger partial charge in [0.05, 0.1) is 0 Å². The van der Waals surface area contributed by atoms with Gasteiger partial charge in [-0.3, -0.25) is 0 Å². The van der Waals surface area contributed by atoms with Crippen molar-refractivity contribution in [3.63, 3.8) is 0 Å². The van der Waals surface area contributed by atoms with E-state index in [0.717, 1.165) is 4.90 Å². The van der Waals surface area contributed by atoms with Crippen LogP contribution in [-0.2, 0) is 0 Å². The Morgan fingerprint density at radius 3 is 2.33 bits per heavy atom. The van der Waals surface area contributed by atoms with Crippen molar-refractivity contribution >= 4 is 12.6 Å². The van der Waals surface area contributed by atoms with Crippen LogP contribution in [0, 0.1) is 0 Å². The Morgan fingerprint density at radius 2 is 1.83 bits per heavy atom. The zero-order valence-electron chi connectivity index (χ0n) is 7.78. The maximum atomic E-state index is 4.41. The Morgan fingerprint density at radius 1 is 1.25 bits per heavy atom. The van der Waals surface area contributed by atoms with E-state index in [2.05, 4.69) is 50.7 Å². The predicted octanol–water partition coefficient (Wildman–Crippen LogP) is 2.60. The van der Waals surface area contributed by atoms with Crippen molar-refractivity contribution in [1.29, 1.82) is 0 Å². The Labute approximate surface area is 79.8 Å². The van der Waals surface area contributed by atoms with Gasteiger partial charge in [0.1, 0.15) is 0 Å². The van der Waals surface area contributed by atoms with E-state index < -0.39 is 0 Å². The molecule has 0 amide bonds. The van der Waals surface area contributed by atoms with Crippen molar-refractivity contribution in [2.24, 2.45) is 0 Å². The Balaban J connectivity index is 2.94. The second kappa shape index (κ2) is 3.97. The van der Waals surface area contributed by atoms with Gasteiger partial charge in [0.15, 0.2) is 0 Å². The molecule has 1 aromatic carbocycles. The van der Waals surface area contributed by atoms with Crippen LogP contribution >= 0.6 is 12.6 Å². The minimum atomic E-state index is 0.429. The number of rotatable bonds is 2. The maximum Gasteiger partial charge on any atom is 0.0324 e. The van der Waals surface area contributed by atoms with Crippen molar-refractivity contribution in [2.75, 3.05) is 14.1 Å². The molecule has 2 heteroatoms. The number of thiol groups is 1. The molecule has 1 atom stereocenters. The molecule has 0 aliphatic carbocycles. The van der Waals surface area contributed by atoms with E-state index in [1.165, 1.54) is 5.56 Å². The molecular formula is C10H15NS. The van der Waals surface area contributed by atoms with E-state index >= 15 is 0 Å². The van der Waals surface area contributed by atoms with Gasteiger partial charge < -0.3 is 4.90 Å². The Hall–Kier alpha value is -0.470. The first-order valence-electron chi connectivity index (χ1n) is 4.07. The molecule has 0 N–H and O–H groups in total. The van der Waals surface area contributed by atoms with Crippen LogP contribution in [0.15, 0.2) is 29.2 Å². The lowest BCUT2D eigenvalue weighted by molar-refractivity contribution is 0.318. The minimum absolute atomic E-state index is 0.429. The molecule has 0 saturated carbocycles. The van der Waals surface area contributed by atoms with Gasteiger partial charge in [0.25, 0.3) is 0 Å². The van der Waals surface area contributed by atoms with Crippen LogP contribution in [0.1, 0.15) is 18.5 Å². The summed E-state index contributed by atoms with van der Waals surface area (Å²) in [4.78, 5) is 3.24. The third kappa shape index (κ3) is 2.02. The van der Waals surface area contributed by atoms with E-state index in [0.29, 0.717) is 6.04 Å². The third-order valence-corrected chi connectivity index (χ3v) is 2.57. The van der Waals surface area contributed by atoms with Gasteiger partial charge >= 0.3 is 0 Å². The highest BCUT2D eigenvalue weighted by atomic mass is 32.1. The van der Waals surface area contributed by atoms with Crippen LogP contribution in [0.2, 0.25) is 0 Å². The standard InChI is InChI=1S/C10H15NS/c1-8(11(2)3)9-6-4-5-7-10(9)12/h4-8,12H,1-3H3/t8-/m1/s1. The highest BCUT2D eigenvalue weighted by molar-refractivity contribution is 7.80. The summed E-state index contributed by atoms with van der Waals surface area (Å²) in [7, 11) is 4.15. The fourth-order valence-corrected chi connectivity index (χ4v) is 1.47. The van der Waals surface area contributed by atoms with Gasteiger partial charge in [0.2, 0.25) is 0 Å². The van der Waals surface area contributed by atoms with Crippen molar-refractivity contribution in [2.45, 2.75) is 17.9 Å².